The summed E-state index contributed by atoms with van der Waals surface area (Å²) in [5.41, 5.74) is 0. The fourth-order valence-electron chi connectivity index (χ4n) is 1.21. The Kier molecular flexibility index (Phi) is 6.39. The van der Waals surface area contributed by atoms with Gasteiger partial charge >= 0.3 is 0 Å². The molecule has 0 N–H and O–H groups in total. The van der Waals surface area contributed by atoms with Crippen molar-refractivity contribution in [2.24, 2.45) is 0 Å². The molecule has 0 atom stereocenters. The molecule has 0 unspecified atom stereocenters. The molecule has 0 heteroatoms. The second kappa shape index (κ2) is 8.31. The fraction of sp³-hybridized carbons (Fsp3) is 0.286. The molecule has 0 heterocycles. The summed E-state index contributed by atoms with van der Waals surface area (Å²) < 4.78 is 0. The Hall–Kier alpha value is -1.30. The van der Waals surface area contributed by atoms with Crippen LogP contribution >= 0.6 is 0 Å². The summed E-state index contributed by atoms with van der Waals surface area (Å²) in [4.78, 5) is 0. The highest BCUT2D eigenvalue weighted by atomic mass is 13.8. The van der Waals surface area contributed by atoms with Crippen LogP contribution in [0.3, 0.4) is 0 Å². The van der Waals surface area contributed by atoms with Crippen LogP contribution in [0, 0.1) is 0 Å². The molecule has 0 fully saturated rings. The molecule has 0 amide bonds. The monoisotopic (exact) mass is 186 g/mol. The van der Waals surface area contributed by atoms with Crippen LogP contribution in [0.25, 0.3) is 0 Å². The van der Waals surface area contributed by atoms with Gasteiger partial charge in [-0.25, -0.2) is 0 Å². The molecule has 0 aromatic heterocycles. The van der Waals surface area contributed by atoms with Gasteiger partial charge in [0.05, 0.1) is 0 Å². The lowest BCUT2D eigenvalue weighted by atomic mass is 10.2. The fourth-order valence-corrected chi connectivity index (χ4v) is 1.21. The molecule has 0 nitrogen and oxygen atoms in total. The van der Waals surface area contributed by atoms with Crippen LogP contribution in [0.2, 0.25) is 0 Å². The Bertz CT molecular complexity index is 234. The van der Waals surface area contributed by atoms with Crippen molar-refractivity contribution in [3.63, 3.8) is 0 Å². The maximum Gasteiger partial charge on any atom is -0.0313 e. The number of hydrogen-bond donors (Lipinski definition) is 0. The minimum absolute atomic E-state index is 1.12. The molecule has 14 heavy (non-hydrogen) atoms. The van der Waals surface area contributed by atoms with Gasteiger partial charge in [0.25, 0.3) is 0 Å². The quantitative estimate of drug-likeness (QED) is 0.528. The van der Waals surface area contributed by atoms with Gasteiger partial charge in [0, 0.05) is 0 Å². The van der Waals surface area contributed by atoms with Gasteiger partial charge in [0.15, 0.2) is 0 Å². The first-order valence-electron chi connectivity index (χ1n) is 5.30. The SMILES string of the molecule is C1=CCC/C=C/C=C/C=C\CC/C=C\1. The zero-order valence-corrected chi connectivity index (χ0v) is 8.60. The van der Waals surface area contributed by atoms with E-state index in [4.69, 9.17) is 0 Å². The number of hydrogen-bond acceptors (Lipinski definition) is 0. The van der Waals surface area contributed by atoms with E-state index in [1.165, 1.54) is 0 Å². The van der Waals surface area contributed by atoms with Crippen LogP contribution in [0.1, 0.15) is 25.7 Å². The predicted octanol–water partition coefficient (Wildman–Crippen LogP) is 4.34. The standard InChI is InChI=1S/C14H18/c1-2-4-6-8-10-12-14-13-11-9-7-5-3-1/h1-6,11-14H,7-10H2/b2-1+,5-3-,6-4+,13-11-,14-12?. The van der Waals surface area contributed by atoms with Gasteiger partial charge in [0.2, 0.25) is 0 Å². The van der Waals surface area contributed by atoms with E-state index in [1.807, 2.05) is 0 Å². The van der Waals surface area contributed by atoms with Crippen molar-refractivity contribution in [3.05, 3.63) is 60.8 Å². The minimum atomic E-state index is 1.12. The average Bonchev–Trinajstić information content (AvgIpc) is 2.22. The summed E-state index contributed by atoms with van der Waals surface area (Å²) >= 11 is 0. The minimum Gasteiger partial charge on any atom is -0.0842 e. The van der Waals surface area contributed by atoms with Crippen LogP contribution in [-0.2, 0) is 0 Å². The Balaban J connectivity index is 2.45. The van der Waals surface area contributed by atoms with Gasteiger partial charge in [-0.3, -0.25) is 0 Å². The van der Waals surface area contributed by atoms with Crippen LogP contribution < -0.4 is 0 Å². The summed E-state index contributed by atoms with van der Waals surface area (Å²) in [5, 5.41) is 0. The lowest BCUT2D eigenvalue weighted by Crippen LogP contribution is -1.66. The Morgan fingerprint density at radius 2 is 0.643 bits per heavy atom. The van der Waals surface area contributed by atoms with E-state index >= 15 is 0 Å². The third kappa shape index (κ3) is 6.24. The van der Waals surface area contributed by atoms with Gasteiger partial charge in [-0.2, -0.15) is 0 Å². The molecule has 0 bridgehead atoms. The van der Waals surface area contributed by atoms with Crippen molar-refractivity contribution < 1.29 is 0 Å². The van der Waals surface area contributed by atoms with Crippen LogP contribution in [0.15, 0.2) is 60.8 Å². The largest absolute Gasteiger partial charge is 0.0842 e. The molecule has 0 radical (unpaired) electrons. The summed E-state index contributed by atoms with van der Waals surface area (Å²) in [6, 6.07) is 0. The molecule has 0 saturated heterocycles. The van der Waals surface area contributed by atoms with Gasteiger partial charge in [0.1, 0.15) is 0 Å². The van der Waals surface area contributed by atoms with E-state index in [0.29, 0.717) is 0 Å². The van der Waals surface area contributed by atoms with E-state index in [2.05, 4.69) is 60.8 Å². The summed E-state index contributed by atoms with van der Waals surface area (Å²) in [6.45, 7) is 0. The topological polar surface area (TPSA) is 0 Å². The second-order valence-electron chi connectivity index (χ2n) is 3.25. The first kappa shape index (κ1) is 10.8. The van der Waals surface area contributed by atoms with Crippen molar-refractivity contribution >= 4 is 0 Å². The maximum absolute atomic E-state index is 2.21. The zero-order valence-electron chi connectivity index (χ0n) is 8.60. The van der Waals surface area contributed by atoms with Crippen molar-refractivity contribution in [2.75, 3.05) is 0 Å². The number of allylic oxidation sites excluding steroid dienone is 10. The van der Waals surface area contributed by atoms with Crippen LogP contribution in [0.5, 0.6) is 0 Å². The summed E-state index contributed by atoms with van der Waals surface area (Å²) in [7, 11) is 0. The normalized spacial score (nSPS) is 27.4. The summed E-state index contributed by atoms with van der Waals surface area (Å²) in [6.07, 6.45) is 26.0. The molecule has 74 valence electrons. The van der Waals surface area contributed by atoms with Crippen molar-refractivity contribution in [2.45, 2.75) is 25.7 Å². The lowest BCUT2D eigenvalue weighted by molar-refractivity contribution is 1.04. The van der Waals surface area contributed by atoms with E-state index in [-0.39, 0.29) is 0 Å². The zero-order chi connectivity index (χ0) is 9.90. The molecule has 0 spiro atoms. The van der Waals surface area contributed by atoms with Crippen molar-refractivity contribution in [3.8, 4) is 0 Å². The molecule has 1 rings (SSSR count). The molecular weight excluding hydrogens is 168 g/mol. The smallest absolute Gasteiger partial charge is 0.0313 e. The highest BCUT2D eigenvalue weighted by Gasteiger charge is 1.77. The highest BCUT2D eigenvalue weighted by molar-refractivity contribution is 5.12. The first-order valence-corrected chi connectivity index (χ1v) is 5.30. The van der Waals surface area contributed by atoms with E-state index in [1.54, 1.807) is 0 Å². The van der Waals surface area contributed by atoms with Crippen molar-refractivity contribution in [1.29, 1.82) is 0 Å². The molecule has 0 saturated carbocycles. The highest BCUT2D eigenvalue weighted by Crippen LogP contribution is 1.97. The second-order valence-corrected chi connectivity index (χ2v) is 3.25. The molecule has 0 aromatic carbocycles. The van der Waals surface area contributed by atoms with Gasteiger partial charge < -0.3 is 0 Å². The Labute approximate surface area is 87.0 Å². The maximum atomic E-state index is 2.21. The molecule has 0 aromatic rings. The Morgan fingerprint density at radius 1 is 0.357 bits per heavy atom. The van der Waals surface area contributed by atoms with E-state index < -0.39 is 0 Å². The van der Waals surface area contributed by atoms with Crippen molar-refractivity contribution in [1.82, 2.24) is 0 Å². The number of rotatable bonds is 0. The summed E-state index contributed by atoms with van der Waals surface area (Å²) in [5.74, 6) is 0. The van der Waals surface area contributed by atoms with E-state index in [9.17, 15) is 0 Å². The first-order chi connectivity index (χ1) is 7.00. The predicted molar refractivity (Wildman–Crippen MR) is 64.2 cm³/mol. The molecule has 1 aliphatic rings. The van der Waals surface area contributed by atoms with E-state index in [0.717, 1.165) is 25.7 Å². The van der Waals surface area contributed by atoms with Gasteiger partial charge in [-0.15, -0.1) is 0 Å². The van der Waals surface area contributed by atoms with Crippen LogP contribution in [-0.4, -0.2) is 0 Å². The third-order valence-electron chi connectivity index (χ3n) is 1.99. The van der Waals surface area contributed by atoms with Crippen LogP contribution in [0.4, 0.5) is 0 Å². The lowest BCUT2D eigenvalue weighted by Gasteiger charge is -1.87. The Morgan fingerprint density at radius 3 is 1.00 bits per heavy atom. The van der Waals surface area contributed by atoms with Gasteiger partial charge in [-0.05, 0) is 25.7 Å². The molecular formula is C14H18. The molecule has 1 aliphatic carbocycles. The third-order valence-corrected chi connectivity index (χ3v) is 1.99. The van der Waals surface area contributed by atoms with Gasteiger partial charge in [-0.1, -0.05) is 60.8 Å². The molecule has 0 aliphatic heterocycles. The average molecular weight is 186 g/mol.